The molecule has 3 rings (SSSR count). The fourth-order valence-corrected chi connectivity index (χ4v) is 5.10. The van der Waals surface area contributed by atoms with E-state index in [1.165, 1.54) is 36.8 Å². The predicted molar refractivity (Wildman–Crippen MR) is 98.6 cm³/mol. The second-order valence-corrected chi connectivity index (χ2v) is 8.51. The van der Waals surface area contributed by atoms with Gasteiger partial charge in [0.1, 0.15) is 5.37 Å². The van der Waals surface area contributed by atoms with Crippen molar-refractivity contribution in [2.24, 2.45) is 5.92 Å². The highest BCUT2D eigenvalue weighted by Crippen LogP contribution is 2.39. The molecule has 1 aromatic rings. The number of hydrogen-bond acceptors (Lipinski definition) is 2. The number of carbonyl (C=O) groups excluding carboxylic acids is 1. The third-order valence-corrected chi connectivity index (χ3v) is 6.60. The van der Waals surface area contributed by atoms with Crippen LogP contribution >= 0.6 is 11.8 Å². The molecule has 1 atom stereocenters. The molecule has 23 heavy (non-hydrogen) atoms. The zero-order valence-corrected chi connectivity index (χ0v) is 15.3. The topological polar surface area (TPSA) is 20.3 Å². The summed E-state index contributed by atoms with van der Waals surface area (Å²) in [7, 11) is 0. The van der Waals surface area contributed by atoms with Crippen LogP contribution in [0.5, 0.6) is 0 Å². The summed E-state index contributed by atoms with van der Waals surface area (Å²) in [6.07, 6.45) is 7.24. The quantitative estimate of drug-likeness (QED) is 0.724. The van der Waals surface area contributed by atoms with Gasteiger partial charge in [-0.25, -0.2) is 0 Å². The normalized spacial score (nSPS) is 22.2. The van der Waals surface area contributed by atoms with Crippen LogP contribution in [-0.2, 0) is 4.79 Å². The Labute approximate surface area is 145 Å². The van der Waals surface area contributed by atoms with Crippen molar-refractivity contribution in [2.45, 2.75) is 63.7 Å². The van der Waals surface area contributed by atoms with Crippen LogP contribution in [0.3, 0.4) is 0 Å². The molecular weight excluding hydrogens is 302 g/mol. The van der Waals surface area contributed by atoms with E-state index in [0.29, 0.717) is 11.8 Å². The summed E-state index contributed by atoms with van der Waals surface area (Å²) in [5.74, 6) is 2.79. The maximum absolute atomic E-state index is 12.7. The fraction of sp³-hybridized carbons (Fsp3) is 0.650. The fourth-order valence-electron chi connectivity index (χ4n) is 3.82. The third-order valence-electron chi connectivity index (χ3n) is 5.34. The molecule has 126 valence electrons. The smallest absolute Gasteiger partial charge is 0.223 e. The zero-order chi connectivity index (χ0) is 16.2. The number of thioether (sulfide) groups is 1. The lowest BCUT2D eigenvalue weighted by atomic mass is 10.0. The van der Waals surface area contributed by atoms with Crippen LogP contribution < -0.4 is 0 Å². The van der Waals surface area contributed by atoms with Gasteiger partial charge in [0.05, 0.1) is 0 Å². The standard InChI is InChI=1S/C20H29NOS/c1-15(2)17-8-10-18(11-9-17)20-21(13-14-23-20)19(22)12-7-16-5-3-4-6-16/h8-11,15-16,20H,3-7,12-14H2,1-2H3. The summed E-state index contributed by atoms with van der Waals surface area (Å²) in [4.78, 5) is 14.8. The molecule has 1 aliphatic carbocycles. The number of benzene rings is 1. The summed E-state index contributed by atoms with van der Waals surface area (Å²) < 4.78 is 0. The second-order valence-electron chi connectivity index (χ2n) is 7.32. The average molecular weight is 332 g/mol. The van der Waals surface area contributed by atoms with Gasteiger partial charge in [0.2, 0.25) is 5.91 Å². The molecular formula is C20H29NOS. The van der Waals surface area contributed by atoms with Gasteiger partial charge in [-0.15, -0.1) is 11.8 Å². The number of carbonyl (C=O) groups is 1. The van der Waals surface area contributed by atoms with Crippen molar-refractivity contribution in [3.05, 3.63) is 35.4 Å². The van der Waals surface area contributed by atoms with E-state index >= 15 is 0 Å². The first-order valence-corrected chi connectivity index (χ1v) is 10.2. The van der Waals surface area contributed by atoms with Gasteiger partial charge in [0.15, 0.2) is 0 Å². The highest BCUT2D eigenvalue weighted by Gasteiger charge is 2.30. The van der Waals surface area contributed by atoms with Gasteiger partial charge < -0.3 is 4.90 Å². The van der Waals surface area contributed by atoms with E-state index in [0.717, 1.165) is 31.1 Å². The van der Waals surface area contributed by atoms with Crippen LogP contribution in [0.1, 0.15) is 74.8 Å². The van der Waals surface area contributed by atoms with Gasteiger partial charge in [-0.2, -0.15) is 0 Å². The predicted octanol–water partition coefficient (Wildman–Crippen LogP) is 5.35. The minimum atomic E-state index is 0.229. The Hall–Kier alpha value is -0.960. The highest BCUT2D eigenvalue weighted by molar-refractivity contribution is 7.99. The van der Waals surface area contributed by atoms with Crippen LogP contribution in [0.25, 0.3) is 0 Å². The summed E-state index contributed by atoms with van der Waals surface area (Å²) in [5, 5.41) is 0.229. The van der Waals surface area contributed by atoms with E-state index in [2.05, 4.69) is 43.0 Å². The Morgan fingerprint density at radius 3 is 2.57 bits per heavy atom. The zero-order valence-electron chi connectivity index (χ0n) is 14.5. The summed E-state index contributed by atoms with van der Waals surface area (Å²) in [5.41, 5.74) is 2.65. The lowest BCUT2D eigenvalue weighted by molar-refractivity contribution is -0.131. The molecule has 1 unspecified atom stereocenters. The maximum atomic E-state index is 12.7. The van der Waals surface area contributed by atoms with E-state index in [4.69, 9.17) is 0 Å². The van der Waals surface area contributed by atoms with Crippen molar-refractivity contribution in [3.8, 4) is 0 Å². The molecule has 2 aliphatic rings. The van der Waals surface area contributed by atoms with Crippen molar-refractivity contribution in [1.82, 2.24) is 4.90 Å². The minimum absolute atomic E-state index is 0.229. The first-order valence-electron chi connectivity index (χ1n) is 9.16. The number of rotatable bonds is 5. The molecule has 2 fully saturated rings. The van der Waals surface area contributed by atoms with Gasteiger partial charge in [0, 0.05) is 18.7 Å². The van der Waals surface area contributed by atoms with Crippen LogP contribution in [0.2, 0.25) is 0 Å². The molecule has 1 aromatic carbocycles. The van der Waals surface area contributed by atoms with Gasteiger partial charge >= 0.3 is 0 Å². The van der Waals surface area contributed by atoms with Crippen molar-refractivity contribution in [3.63, 3.8) is 0 Å². The molecule has 3 heteroatoms. The molecule has 1 heterocycles. The first-order chi connectivity index (χ1) is 11.1. The molecule has 1 amide bonds. The Morgan fingerprint density at radius 2 is 1.91 bits per heavy atom. The number of hydrogen-bond donors (Lipinski definition) is 0. The SMILES string of the molecule is CC(C)c1ccc(C2SCCN2C(=O)CCC2CCCC2)cc1. The molecule has 0 spiro atoms. The monoisotopic (exact) mass is 331 g/mol. The summed E-state index contributed by atoms with van der Waals surface area (Å²) in [6, 6.07) is 8.88. The van der Waals surface area contributed by atoms with Crippen LogP contribution in [-0.4, -0.2) is 23.1 Å². The third kappa shape index (κ3) is 4.12. The van der Waals surface area contributed by atoms with Gasteiger partial charge in [-0.1, -0.05) is 63.8 Å². The largest absolute Gasteiger partial charge is 0.326 e. The number of amides is 1. The molecule has 0 bridgehead atoms. The van der Waals surface area contributed by atoms with Crippen molar-refractivity contribution in [1.29, 1.82) is 0 Å². The Morgan fingerprint density at radius 1 is 1.22 bits per heavy atom. The van der Waals surface area contributed by atoms with E-state index in [-0.39, 0.29) is 5.37 Å². The first kappa shape index (κ1) is 16.9. The van der Waals surface area contributed by atoms with E-state index in [1.807, 2.05) is 11.8 Å². The molecule has 2 nitrogen and oxygen atoms in total. The Balaban J connectivity index is 1.61. The Bertz CT molecular complexity index is 519. The van der Waals surface area contributed by atoms with Crippen LogP contribution in [0.15, 0.2) is 24.3 Å². The second kappa shape index (κ2) is 7.74. The minimum Gasteiger partial charge on any atom is -0.326 e. The number of nitrogens with zero attached hydrogens (tertiary/aromatic N) is 1. The molecule has 0 radical (unpaired) electrons. The van der Waals surface area contributed by atoms with Crippen molar-refractivity contribution in [2.75, 3.05) is 12.3 Å². The summed E-state index contributed by atoms with van der Waals surface area (Å²) in [6.45, 7) is 5.35. The van der Waals surface area contributed by atoms with E-state index in [9.17, 15) is 4.79 Å². The highest BCUT2D eigenvalue weighted by atomic mass is 32.2. The lowest BCUT2D eigenvalue weighted by Crippen LogP contribution is -2.30. The van der Waals surface area contributed by atoms with E-state index < -0.39 is 0 Å². The van der Waals surface area contributed by atoms with Gasteiger partial charge in [-0.3, -0.25) is 4.79 Å². The van der Waals surface area contributed by atoms with E-state index in [1.54, 1.807) is 0 Å². The molecule has 0 N–H and O–H groups in total. The molecule has 1 aliphatic heterocycles. The lowest BCUT2D eigenvalue weighted by Gasteiger charge is -2.25. The maximum Gasteiger partial charge on any atom is 0.223 e. The van der Waals surface area contributed by atoms with Crippen molar-refractivity contribution >= 4 is 17.7 Å². The Kier molecular flexibility index (Phi) is 5.68. The van der Waals surface area contributed by atoms with Crippen molar-refractivity contribution < 1.29 is 4.79 Å². The van der Waals surface area contributed by atoms with Crippen LogP contribution in [0.4, 0.5) is 0 Å². The van der Waals surface area contributed by atoms with Crippen LogP contribution in [0, 0.1) is 5.92 Å². The van der Waals surface area contributed by atoms with Gasteiger partial charge in [0.25, 0.3) is 0 Å². The molecule has 1 saturated carbocycles. The van der Waals surface area contributed by atoms with Gasteiger partial charge in [-0.05, 0) is 29.4 Å². The molecule has 0 aromatic heterocycles. The molecule has 1 saturated heterocycles. The summed E-state index contributed by atoms with van der Waals surface area (Å²) >= 11 is 1.91. The average Bonchev–Trinajstić information content (AvgIpc) is 3.24.